The zero-order valence-corrected chi connectivity index (χ0v) is 15.1. The molecular weight excluding hydrogens is 348 g/mol. The molecule has 0 aliphatic heterocycles. The van der Waals surface area contributed by atoms with E-state index in [1.165, 1.54) is 11.8 Å². The maximum absolute atomic E-state index is 10.2. The van der Waals surface area contributed by atoms with Crippen molar-refractivity contribution in [3.05, 3.63) is 66.0 Å². The molecule has 1 heterocycles. The number of aromatic nitrogens is 3. The highest BCUT2D eigenvalue weighted by atomic mass is 32.2. The molecule has 0 amide bonds. The third-order valence-corrected chi connectivity index (χ3v) is 4.81. The Kier molecular flexibility index (Phi) is 5.89. The quantitative estimate of drug-likeness (QED) is 0.647. The van der Waals surface area contributed by atoms with Crippen LogP contribution in [0.25, 0.3) is 5.69 Å². The third kappa shape index (κ3) is 4.42. The van der Waals surface area contributed by atoms with Crippen molar-refractivity contribution in [2.75, 3.05) is 12.4 Å². The van der Waals surface area contributed by atoms with Crippen molar-refractivity contribution in [2.45, 2.75) is 18.2 Å². The summed E-state index contributed by atoms with van der Waals surface area (Å²) >= 11 is 1.42. The number of benzene rings is 2. The van der Waals surface area contributed by atoms with Gasteiger partial charge in [0.25, 0.3) is 0 Å². The Hall–Kier alpha value is -2.82. The second-order valence-corrected chi connectivity index (χ2v) is 6.67. The molecule has 0 saturated heterocycles. The standard InChI is InChI=1S/C19H18N4O2S/c1-14-4-2-3-5-18(14)23-13-21-22-19(23)26-12-16(24)11-25-17-8-6-15(10-20)7-9-17/h2-9,13,16,24H,11-12H2,1H3. The Morgan fingerprint density at radius 1 is 1.23 bits per heavy atom. The van der Waals surface area contributed by atoms with Crippen molar-refractivity contribution in [1.82, 2.24) is 14.8 Å². The lowest BCUT2D eigenvalue weighted by molar-refractivity contribution is 0.126. The lowest BCUT2D eigenvalue weighted by atomic mass is 10.2. The first-order valence-electron chi connectivity index (χ1n) is 8.07. The van der Waals surface area contributed by atoms with Gasteiger partial charge in [0, 0.05) is 5.75 Å². The smallest absolute Gasteiger partial charge is 0.195 e. The van der Waals surface area contributed by atoms with E-state index in [1.807, 2.05) is 35.8 Å². The van der Waals surface area contributed by atoms with Crippen LogP contribution in [0.1, 0.15) is 11.1 Å². The minimum atomic E-state index is -0.655. The van der Waals surface area contributed by atoms with E-state index in [1.54, 1.807) is 30.6 Å². The average Bonchev–Trinajstić information content (AvgIpc) is 3.14. The Morgan fingerprint density at radius 2 is 2.00 bits per heavy atom. The SMILES string of the molecule is Cc1ccccc1-n1cnnc1SCC(O)COc1ccc(C#N)cc1. The highest BCUT2D eigenvalue weighted by Gasteiger charge is 2.12. The number of hydrogen-bond acceptors (Lipinski definition) is 6. The van der Waals surface area contributed by atoms with Gasteiger partial charge in [-0.2, -0.15) is 5.26 Å². The fraction of sp³-hybridized carbons (Fsp3) is 0.211. The maximum atomic E-state index is 10.2. The Labute approximate surface area is 156 Å². The van der Waals surface area contributed by atoms with Crippen LogP contribution in [0.5, 0.6) is 5.75 Å². The van der Waals surface area contributed by atoms with E-state index < -0.39 is 6.10 Å². The number of aliphatic hydroxyl groups excluding tert-OH is 1. The highest BCUT2D eigenvalue weighted by Crippen LogP contribution is 2.22. The molecule has 3 aromatic rings. The summed E-state index contributed by atoms with van der Waals surface area (Å²) in [6, 6.07) is 16.8. The molecule has 0 aliphatic rings. The third-order valence-electron chi connectivity index (χ3n) is 3.72. The summed E-state index contributed by atoms with van der Waals surface area (Å²) in [5.41, 5.74) is 2.71. The van der Waals surface area contributed by atoms with Crippen LogP contribution in [0.2, 0.25) is 0 Å². The summed E-state index contributed by atoms with van der Waals surface area (Å²) in [4.78, 5) is 0. The van der Waals surface area contributed by atoms with Crippen molar-refractivity contribution in [2.24, 2.45) is 0 Å². The highest BCUT2D eigenvalue weighted by molar-refractivity contribution is 7.99. The molecule has 3 rings (SSSR count). The van der Waals surface area contributed by atoms with Crippen LogP contribution >= 0.6 is 11.8 Å². The number of ether oxygens (including phenoxy) is 1. The first-order chi connectivity index (χ1) is 12.7. The molecule has 7 heteroatoms. The molecule has 132 valence electrons. The van der Waals surface area contributed by atoms with Gasteiger partial charge in [-0.25, -0.2) is 0 Å². The Bertz CT molecular complexity index is 902. The van der Waals surface area contributed by atoms with Crippen LogP contribution < -0.4 is 4.74 Å². The van der Waals surface area contributed by atoms with E-state index in [2.05, 4.69) is 16.3 Å². The van der Waals surface area contributed by atoms with Gasteiger partial charge in [-0.15, -0.1) is 10.2 Å². The van der Waals surface area contributed by atoms with Crippen molar-refractivity contribution in [3.8, 4) is 17.5 Å². The van der Waals surface area contributed by atoms with Gasteiger partial charge in [0.1, 0.15) is 18.7 Å². The summed E-state index contributed by atoms with van der Waals surface area (Å²) in [6.45, 7) is 2.20. The van der Waals surface area contributed by atoms with Gasteiger partial charge in [-0.1, -0.05) is 30.0 Å². The van der Waals surface area contributed by atoms with Crippen LogP contribution in [-0.2, 0) is 0 Å². The molecule has 0 bridgehead atoms. The Balaban J connectivity index is 1.55. The van der Waals surface area contributed by atoms with E-state index in [0.29, 0.717) is 17.1 Å². The number of thioether (sulfide) groups is 1. The Morgan fingerprint density at radius 3 is 2.73 bits per heavy atom. The van der Waals surface area contributed by atoms with Crippen molar-refractivity contribution in [1.29, 1.82) is 5.26 Å². The fourth-order valence-corrected chi connectivity index (χ4v) is 3.19. The lowest BCUT2D eigenvalue weighted by Crippen LogP contribution is -2.20. The zero-order valence-electron chi connectivity index (χ0n) is 14.2. The number of hydrogen-bond donors (Lipinski definition) is 1. The number of nitriles is 1. The van der Waals surface area contributed by atoms with Crippen LogP contribution in [0.4, 0.5) is 0 Å². The number of nitrogens with zero attached hydrogens (tertiary/aromatic N) is 4. The topological polar surface area (TPSA) is 84.0 Å². The molecule has 1 N–H and O–H groups in total. The lowest BCUT2D eigenvalue weighted by Gasteiger charge is -2.13. The van der Waals surface area contributed by atoms with Gasteiger partial charge in [0.15, 0.2) is 5.16 Å². The second kappa shape index (κ2) is 8.52. The monoisotopic (exact) mass is 366 g/mol. The summed E-state index contributed by atoms with van der Waals surface area (Å²) in [7, 11) is 0. The normalized spacial score (nSPS) is 11.7. The van der Waals surface area contributed by atoms with Crippen LogP contribution in [-0.4, -0.2) is 38.3 Å². The van der Waals surface area contributed by atoms with E-state index in [0.717, 1.165) is 16.4 Å². The molecule has 26 heavy (non-hydrogen) atoms. The van der Waals surface area contributed by atoms with Gasteiger partial charge in [0.05, 0.1) is 23.4 Å². The van der Waals surface area contributed by atoms with Gasteiger partial charge >= 0.3 is 0 Å². The van der Waals surface area contributed by atoms with Crippen LogP contribution in [0.15, 0.2) is 60.0 Å². The first-order valence-corrected chi connectivity index (χ1v) is 9.06. The average molecular weight is 366 g/mol. The van der Waals surface area contributed by atoms with E-state index in [4.69, 9.17) is 10.00 Å². The number of rotatable bonds is 7. The molecule has 2 aromatic carbocycles. The predicted molar refractivity (Wildman–Crippen MR) is 99.5 cm³/mol. The number of aliphatic hydroxyl groups is 1. The molecule has 0 fully saturated rings. The second-order valence-electron chi connectivity index (χ2n) is 5.68. The maximum Gasteiger partial charge on any atom is 0.195 e. The van der Waals surface area contributed by atoms with Gasteiger partial charge in [0.2, 0.25) is 0 Å². The molecule has 0 radical (unpaired) electrons. The van der Waals surface area contributed by atoms with Crippen LogP contribution in [0.3, 0.4) is 0 Å². The van der Waals surface area contributed by atoms with E-state index in [-0.39, 0.29) is 6.61 Å². The van der Waals surface area contributed by atoms with Crippen LogP contribution in [0, 0.1) is 18.3 Å². The molecule has 1 aromatic heterocycles. The molecule has 1 unspecified atom stereocenters. The van der Waals surface area contributed by atoms with Crippen molar-refractivity contribution < 1.29 is 9.84 Å². The van der Waals surface area contributed by atoms with Gasteiger partial charge in [-0.3, -0.25) is 4.57 Å². The van der Waals surface area contributed by atoms with Crippen molar-refractivity contribution >= 4 is 11.8 Å². The predicted octanol–water partition coefficient (Wildman–Crippen LogP) is 2.98. The minimum Gasteiger partial charge on any atom is -0.491 e. The molecular formula is C19H18N4O2S. The molecule has 0 spiro atoms. The summed E-state index contributed by atoms with van der Waals surface area (Å²) in [5.74, 6) is 1.05. The molecule has 6 nitrogen and oxygen atoms in total. The summed E-state index contributed by atoms with van der Waals surface area (Å²) < 4.78 is 7.47. The summed E-state index contributed by atoms with van der Waals surface area (Å²) in [6.07, 6.45) is 1.02. The van der Waals surface area contributed by atoms with Gasteiger partial charge < -0.3 is 9.84 Å². The van der Waals surface area contributed by atoms with E-state index >= 15 is 0 Å². The largest absolute Gasteiger partial charge is 0.491 e. The molecule has 0 aliphatic carbocycles. The minimum absolute atomic E-state index is 0.164. The first kappa shape index (κ1) is 18.0. The number of para-hydroxylation sites is 1. The van der Waals surface area contributed by atoms with Gasteiger partial charge in [-0.05, 0) is 42.8 Å². The summed E-state index contributed by atoms with van der Waals surface area (Å²) in [5, 5.41) is 27.8. The van der Waals surface area contributed by atoms with E-state index in [9.17, 15) is 5.11 Å². The zero-order chi connectivity index (χ0) is 18.4. The molecule has 0 saturated carbocycles. The number of aryl methyl sites for hydroxylation is 1. The fourth-order valence-electron chi connectivity index (χ4n) is 2.36. The molecule has 1 atom stereocenters. The van der Waals surface area contributed by atoms with Crippen molar-refractivity contribution in [3.63, 3.8) is 0 Å².